The maximum Gasteiger partial charge on any atom is 0.341 e. The molecule has 1 saturated carbocycles. The first-order chi connectivity index (χ1) is 9.69. The quantitative estimate of drug-likeness (QED) is 0.792. The van der Waals surface area contributed by atoms with E-state index in [1.807, 2.05) is 0 Å². The summed E-state index contributed by atoms with van der Waals surface area (Å²) in [5, 5.41) is 13.6. The predicted octanol–water partition coefficient (Wildman–Crippen LogP) is 2.95. The van der Waals surface area contributed by atoms with Crippen LogP contribution in [0.5, 0.6) is 0 Å². The highest BCUT2D eigenvalue weighted by molar-refractivity contribution is 5.88. The van der Waals surface area contributed by atoms with E-state index >= 15 is 0 Å². The fraction of sp³-hybridized carbons (Fsp3) is 0.667. The minimum Gasteiger partial charge on any atom is -0.462 e. The molecule has 0 bridgehead atoms. The zero-order valence-corrected chi connectivity index (χ0v) is 12.1. The van der Waals surface area contributed by atoms with E-state index in [2.05, 4.69) is 18.1 Å². The molecular weight excluding hydrogens is 254 g/mol. The third-order valence-corrected chi connectivity index (χ3v) is 4.12. The molecule has 1 heterocycles. The van der Waals surface area contributed by atoms with Crippen LogP contribution < -0.4 is 0 Å². The van der Waals surface area contributed by atoms with E-state index in [-0.39, 0.29) is 17.9 Å². The Hall–Kier alpha value is -1.83. The Balaban J connectivity index is 2.16. The Bertz CT molecular complexity index is 503. The predicted molar refractivity (Wildman–Crippen MR) is 74.0 cm³/mol. The van der Waals surface area contributed by atoms with Crippen molar-refractivity contribution in [3.05, 3.63) is 18.0 Å². The van der Waals surface area contributed by atoms with Crippen LogP contribution in [0.4, 0.5) is 0 Å². The fourth-order valence-electron chi connectivity index (χ4n) is 2.88. The average molecular weight is 275 g/mol. The number of rotatable bonds is 4. The minimum atomic E-state index is -0.352. The molecule has 0 aromatic carbocycles. The van der Waals surface area contributed by atoms with Crippen molar-refractivity contribution in [1.82, 2.24) is 9.78 Å². The monoisotopic (exact) mass is 275 g/mol. The summed E-state index contributed by atoms with van der Waals surface area (Å²) in [6.45, 7) is 4.31. The van der Waals surface area contributed by atoms with Gasteiger partial charge in [0.05, 0.1) is 36.4 Å². The summed E-state index contributed by atoms with van der Waals surface area (Å²) in [6, 6.07) is 2.45. The van der Waals surface area contributed by atoms with E-state index in [1.54, 1.807) is 17.8 Å². The van der Waals surface area contributed by atoms with Gasteiger partial charge in [-0.05, 0) is 32.1 Å². The first-order valence-corrected chi connectivity index (χ1v) is 7.30. The van der Waals surface area contributed by atoms with Crippen LogP contribution in [0, 0.1) is 23.2 Å². The van der Waals surface area contributed by atoms with Gasteiger partial charge in [-0.25, -0.2) is 4.79 Å². The molecule has 1 aliphatic rings. The molecule has 1 fully saturated rings. The van der Waals surface area contributed by atoms with Crippen molar-refractivity contribution in [1.29, 1.82) is 5.26 Å². The van der Waals surface area contributed by atoms with Crippen LogP contribution in [0.25, 0.3) is 0 Å². The molecule has 20 heavy (non-hydrogen) atoms. The number of nitrogens with zero attached hydrogens (tertiary/aromatic N) is 3. The maximum atomic E-state index is 11.7. The molecule has 5 nitrogen and oxygen atoms in total. The number of carbonyl (C=O) groups is 1. The van der Waals surface area contributed by atoms with Gasteiger partial charge in [-0.2, -0.15) is 10.4 Å². The molecule has 5 heteroatoms. The van der Waals surface area contributed by atoms with Crippen LogP contribution in [0.15, 0.2) is 12.4 Å². The summed E-state index contributed by atoms with van der Waals surface area (Å²) in [6.07, 6.45) is 7.35. The van der Waals surface area contributed by atoms with Gasteiger partial charge in [-0.1, -0.05) is 13.3 Å². The van der Waals surface area contributed by atoms with Crippen molar-refractivity contribution in [3.8, 4) is 6.07 Å². The van der Waals surface area contributed by atoms with E-state index in [9.17, 15) is 10.1 Å². The third kappa shape index (κ3) is 3.01. The van der Waals surface area contributed by atoms with Crippen molar-refractivity contribution in [3.63, 3.8) is 0 Å². The molecule has 0 spiro atoms. The van der Waals surface area contributed by atoms with Gasteiger partial charge in [-0.3, -0.25) is 4.68 Å². The van der Waals surface area contributed by atoms with Crippen LogP contribution in [0.3, 0.4) is 0 Å². The molecular formula is C15H21N3O2. The molecule has 1 aliphatic carbocycles. The lowest BCUT2D eigenvalue weighted by Gasteiger charge is -2.32. The van der Waals surface area contributed by atoms with Crippen LogP contribution in [-0.4, -0.2) is 22.4 Å². The van der Waals surface area contributed by atoms with Crippen molar-refractivity contribution in [2.45, 2.75) is 45.6 Å². The first-order valence-electron chi connectivity index (χ1n) is 7.30. The van der Waals surface area contributed by atoms with Gasteiger partial charge >= 0.3 is 5.97 Å². The molecule has 0 radical (unpaired) electrons. The lowest BCUT2D eigenvalue weighted by atomic mass is 9.78. The second kappa shape index (κ2) is 6.56. The molecule has 2 rings (SSSR count). The van der Waals surface area contributed by atoms with Crippen molar-refractivity contribution in [2.75, 3.05) is 6.61 Å². The molecule has 3 unspecified atom stereocenters. The van der Waals surface area contributed by atoms with E-state index in [1.165, 1.54) is 6.20 Å². The number of ether oxygens (including phenoxy) is 1. The fourth-order valence-corrected chi connectivity index (χ4v) is 2.88. The van der Waals surface area contributed by atoms with Crippen LogP contribution in [0.1, 0.15) is 55.9 Å². The summed E-state index contributed by atoms with van der Waals surface area (Å²) in [5.41, 5.74) is 0.460. The van der Waals surface area contributed by atoms with Gasteiger partial charge in [0.1, 0.15) is 0 Å². The van der Waals surface area contributed by atoms with Crippen molar-refractivity contribution in [2.24, 2.45) is 11.8 Å². The molecule has 0 saturated heterocycles. The number of carbonyl (C=O) groups excluding carboxylic acids is 1. The maximum absolute atomic E-state index is 11.7. The number of aromatic nitrogens is 2. The third-order valence-electron chi connectivity index (χ3n) is 4.12. The topological polar surface area (TPSA) is 67.9 Å². The van der Waals surface area contributed by atoms with E-state index < -0.39 is 0 Å². The summed E-state index contributed by atoms with van der Waals surface area (Å²) in [7, 11) is 0. The average Bonchev–Trinajstić information content (AvgIpc) is 2.96. The van der Waals surface area contributed by atoms with Gasteiger partial charge in [0.25, 0.3) is 0 Å². The number of nitriles is 1. The molecule has 0 N–H and O–H groups in total. The van der Waals surface area contributed by atoms with Gasteiger partial charge < -0.3 is 4.74 Å². The highest BCUT2D eigenvalue weighted by Crippen LogP contribution is 2.38. The first kappa shape index (κ1) is 14.6. The SMILES string of the molecule is CCOC(=O)c1cnn(C2CC(CC)CCC2C#N)c1. The van der Waals surface area contributed by atoms with Gasteiger partial charge in [0.15, 0.2) is 0 Å². The van der Waals surface area contributed by atoms with Gasteiger partial charge in [-0.15, -0.1) is 0 Å². The zero-order valence-electron chi connectivity index (χ0n) is 12.1. The van der Waals surface area contributed by atoms with Crippen LogP contribution in [-0.2, 0) is 4.74 Å². The molecule has 1 aromatic rings. The second-order valence-electron chi connectivity index (χ2n) is 5.32. The van der Waals surface area contributed by atoms with Gasteiger partial charge in [0.2, 0.25) is 0 Å². The second-order valence-corrected chi connectivity index (χ2v) is 5.32. The summed E-state index contributed by atoms with van der Waals surface area (Å²) in [5.74, 6) is 0.266. The largest absolute Gasteiger partial charge is 0.462 e. The normalized spacial score (nSPS) is 25.9. The lowest BCUT2D eigenvalue weighted by Crippen LogP contribution is -2.27. The number of hydrogen-bond acceptors (Lipinski definition) is 4. The summed E-state index contributed by atoms with van der Waals surface area (Å²) in [4.78, 5) is 11.7. The minimum absolute atomic E-state index is 0.0206. The Morgan fingerprint density at radius 1 is 1.55 bits per heavy atom. The molecule has 1 aromatic heterocycles. The molecule has 0 aliphatic heterocycles. The Kier molecular flexibility index (Phi) is 4.78. The smallest absolute Gasteiger partial charge is 0.341 e. The standard InChI is InChI=1S/C15H21N3O2/c1-3-11-5-6-12(8-16)14(7-11)18-10-13(9-17-18)15(19)20-4-2/h9-12,14H,3-7H2,1-2H3. The molecule has 3 atom stereocenters. The van der Waals surface area contributed by atoms with Crippen molar-refractivity contribution >= 4 is 5.97 Å². The number of hydrogen-bond donors (Lipinski definition) is 0. The van der Waals surface area contributed by atoms with E-state index in [0.717, 1.165) is 25.7 Å². The zero-order chi connectivity index (χ0) is 14.5. The Morgan fingerprint density at radius 2 is 2.35 bits per heavy atom. The molecule has 0 amide bonds. The molecule has 108 valence electrons. The van der Waals surface area contributed by atoms with Crippen LogP contribution in [0.2, 0.25) is 0 Å². The van der Waals surface area contributed by atoms with E-state index in [0.29, 0.717) is 18.1 Å². The Morgan fingerprint density at radius 3 is 3.00 bits per heavy atom. The summed E-state index contributed by atoms with van der Waals surface area (Å²) < 4.78 is 6.75. The summed E-state index contributed by atoms with van der Waals surface area (Å²) >= 11 is 0. The van der Waals surface area contributed by atoms with Gasteiger partial charge in [0, 0.05) is 6.20 Å². The van der Waals surface area contributed by atoms with Crippen LogP contribution >= 0.6 is 0 Å². The Labute approximate surface area is 119 Å². The highest BCUT2D eigenvalue weighted by Gasteiger charge is 2.32. The number of esters is 1. The van der Waals surface area contributed by atoms with Crippen molar-refractivity contribution < 1.29 is 9.53 Å². The lowest BCUT2D eigenvalue weighted by molar-refractivity contribution is 0.0526. The van der Waals surface area contributed by atoms with E-state index in [4.69, 9.17) is 4.74 Å². The highest BCUT2D eigenvalue weighted by atomic mass is 16.5.